The molecule has 0 atom stereocenters. The van der Waals surface area contributed by atoms with Gasteiger partial charge in [-0.05, 0) is 39.8 Å². The minimum atomic E-state index is 0.243. The predicted molar refractivity (Wildman–Crippen MR) is 63.7 cm³/mol. The molecule has 0 aliphatic carbocycles. The van der Waals surface area contributed by atoms with Crippen molar-refractivity contribution in [2.75, 3.05) is 26.2 Å². The normalized spacial score (nSPS) is 20.6. The highest BCUT2D eigenvalue weighted by atomic mass is 16.5. The highest BCUT2D eigenvalue weighted by Crippen LogP contribution is 2.16. The fourth-order valence-electron chi connectivity index (χ4n) is 1.95. The average molecular weight is 229 g/mol. The number of piperidine rings is 1. The molecule has 1 aliphatic rings. The predicted octanol–water partition coefficient (Wildman–Crippen LogP) is 0.870. The molecule has 5 nitrogen and oxygen atoms in total. The summed E-state index contributed by atoms with van der Waals surface area (Å²) in [5.74, 6) is 0.616. The minimum absolute atomic E-state index is 0.243. The molecule has 1 fully saturated rings. The summed E-state index contributed by atoms with van der Waals surface area (Å²) >= 11 is 0. The van der Waals surface area contributed by atoms with E-state index < -0.39 is 0 Å². The zero-order valence-electron chi connectivity index (χ0n) is 10.2. The van der Waals surface area contributed by atoms with Crippen LogP contribution >= 0.6 is 0 Å². The fourth-order valence-corrected chi connectivity index (χ4v) is 1.95. The second kappa shape index (κ2) is 6.70. The summed E-state index contributed by atoms with van der Waals surface area (Å²) < 4.78 is 5.51. The summed E-state index contributed by atoms with van der Waals surface area (Å²) in [6, 6.07) is 0. The third-order valence-electron chi connectivity index (χ3n) is 2.98. The second-order valence-electron chi connectivity index (χ2n) is 4.56. The van der Waals surface area contributed by atoms with Crippen molar-refractivity contribution in [2.24, 2.45) is 16.8 Å². The van der Waals surface area contributed by atoms with Crippen LogP contribution in [0.2, 0.25) is 0 Å². The van der Waals surface area contributed by atoms with Gasteiger partial charge in [0.2, 0.25) is 0 Å². The van der Waals surface area contributed by atoms with Gasteiger partial charge in [-0.3, -0.25) is 0 Å². The highest BCUT2D eigenvalue weighted by Gasteiger charge is 2.21. The Morgan fingerprint density at radius 1 is 1.50 bits per heavy atom. The van der Waals surface area contributed by atoms with Gasteiger partial charge in [-0.2, -0.15) is 0 Å². The lowest BCUT2D eigenvalue weighted by atomic mass is 9.96. The lowest BCUT2D eigenvalue weighted by Gasteiger charge is -2.31. The number of likely N-dealkylation sites (tertiary alicyclic amines) is 1. The molecule has 5 heteroatoms. The van der Waals surface area contributed by atoms with Crippen LogP contribution in [0.5, 0.6) is 0 Å². The first-order valence-electron chi connectivity index (χ1n) is 5.95. The molecular formula is C11H23N3O2. The Morgan fingerprint density at radius 3 is 2.62 bits per heavy atom. The SMILES string of the molecule is CC(C)OCCN1CCC(C(N)=NO)CC1. The third-order valence-corrected chi connectivity index (χ3v) is 2.98. The maximum Gasteiger partial charge on any atom is 0.142 e. The topological polar surface area (TPSA) is 71.1 Å². The Hall–Kier alpha value is -0.810. The number of ether oxygens (including phenoxy) is 1. The first-order chi connectivity index (χ1) is 7.63. The number of hydrogen-bond donors (Lipinski definition) is 2. The summed E-state index contributed by atoms with van der Waals surface area (Å²) in [6.07, 6.45) is 2.24. The molecule has 0 aromatic rings. The summed E-state index contributed by atoms with van der Waals surface area (Å²) in [4.78, 5) is 2.36. The molecule has 0 spiro atoms. The lowest BCUT2D eigenvalue weighted by molar-refractivity contribution is 0.0531. The van der Waals surface area contributed by atoms with E-state index in [0.29, 0.717) is 11.9 Å². The molecule has 1 rings (SSSR count). The van der Waals surface area contributed by atoms with E-state index >= 15 is 0 Å². The quantitative estimate of drug-likeness (QED) is 0.317. The van der Waals surface area contributed by atoms with E-state index in [-0.39, 0.29) is 5.92 Å². The summed E-state index contributed by atoms with van der Waals surface area (Å²) in [7, 11) is 0. The summed E-state index contributed by atoms with van der Waals surface area (Å²) in [5, 5.41) is 11.7. The standard InChI is InChI=1S/C11H23N3O2/c1-9(2)16-8-7-14-5-3-10(4-6-14)11(12)13-15/h9-10,15H,3-8H2,1-2H3,(H2,12,13). The Bertz CT molecular complexity index is 223. The minimum Gasteiger partial charge on any atom is -0.409 e. The van der Waals surface area contributed by atoms with Crippen LogP contribution < -0.4 is 5.73 Å². The van der Waals surface area contributed by atoms with Gasteiger partial charge in [0.25, 0.3) is 0 Å². The van der Waals surface area contributed by atoms with Crippen molar-refractivity contribution >= 4 is 5.84 Å². The van der Waals surface area contributed by atoms with E-state index in [0.717, 1.165) is 39.1 Å². The van der Waals surface area contributed by atoms with Crippen LogP contribution in [-0.2, 0) is 4.74 Å². The van der Waals surface area contributed by atoms with Crippen molar-refractivity contribution < 1.29 is 9.94 Å². The average Bonchev–Trinajstić information content (AvgIpc) is 2.28. The Morgan fingerprint density at radius 2 is 2.12 bits per heavy atom. The summed E-state index contributed by atoms with van der Waals surface area (Å²) in [5.41, 5.74) is 5.59. The molecule has 0 radical (unpaired) electrons. The van der Waals surface area contributed by atoms with E-state index in [9.17, 15) is 0 Å². The van der Waals surface area contributed by atoms with Gasteiger partial charge >= 0.3 is 0 Å². The van der Waals surface area contributed by atoms with E-state index in [1.165, 1.54) is 0 Å². The number of rotatable bonds is 5. The number of amidine groups is 1. The fraction of sp³-hybridized carbons (Fsp3) is 0.909. The van der Waals surface area contributed by atoms with Gasteiger partial charge in [-0.25, -0.2) is 0 Å². The van der Waals surface area contributed by atoms with Gasteiger partial charge in [-0.1, -0.05) is 5.16 Å². The van der Waals surface area contributed by atoms with Crippen molar-refractivity contribution in [1.29, 1.82) is 0 Å². The van der Waals surface area contributed by atoms with E-state index in [4.69, 9.17) is 15.7 Å². The van der Waals surface area contributed by atoms with E-state index in [1.54, 1.807) is 0 Å². The molecule has 0 aromatic carbocycles. The molecule has 1 saturated heterocycles. The summed E-state index contributed by atoms with van der Waals surface area (Å²) in [6.45, 7) is 7.85. The number of nitrogens with two attached hydrogens (primary N) is 1. The molecule has 0 amide bonds. The van der Waals surface area contributed by atoms with Crippen LogP contribution in [0.4, 0.5) is 0 Å². The molecule has 3 N–H and O–H groups in total. The number of nitrogens with zero attached hydrogens (tertiary/aromatic N) is 2. The zero-order chi connectivity index (χ0) is 12.0. The maximum atomic E-state index is 8.58. The van der Waals surface area contributed by atoms with Gasteiger partial charge in [0.05, 0.1) is 12.7 Å². The Labute approximate surface area is 97.2 Å². The Kier molecular flexibility index (Phi) is 5.55. The molecule has 0 aromatic heterocycles. The van der Waals surface area contributed by atoms with Gasteiger partial charge in [0.15, 0.2) is 0 Å². The molecule has 1 heterocycles. The first-order valence-corrected chi connectivity index (χ1v) is 5.95. The zero-order valence-corrected chi connectivity index (χ0v) is 10.2. The van der Waals surface area contributed by atoms with Crippen LogP contribution in [0.1, 0.15) is 26.7 Å². The molecule has 16 heavy (non-hydrogen) atoms. The smallest absolute Gasteiger partial charge is 0.142 e. The highest BCUT2D eigenvalue weighted by molar-refractivity contribution is 5.82. The number of oxime groups is 1. The largest absolute Gasteiger partial charge is 0.409 e. The molecule has 0 bridgehead atoms. The van der Waals surface area contributed by atoms with Crippen LogP contribution in [0.25, 0.3) is 0 Å². The first kappa shape index (κ1) is 13.3. The van der Waals surface area contributed by atoms with Gasteiger partial charge < -0.3 is 20.6 Å². The second-order valence-corrected chi connectivity index (χ2v) is 4.56. The van der Waals surface area contributed by atoms with Gasteiger partial charge in [0.1, 0.15) is 5.84 Å². The molecule has 0 unspecified atom stereocenters. The van der Waals surface area contributed by atoms with Crippen molar-refractivity contribution in [3.63, 3.8) is 0 Å². The van der Waals surface area contributed by atoms with E-state index in [1.807, 2.05) is 13.8 Å². The Balaban J connectivity index is 2.17. The molecule has 94 valence electrons. The van der Waals surface area contributed by atoms with Gasteiger partial charge in [0, 0.05) is 12.5 Å². The van der Waals surface area contributed by atoms with Crippen LogP contribution in [0.15, 0.2) is 5.16 Å². The van der Waals surface area contributed by atoms with Gasteiger partial charge in [-0.15, -0.1) is 0 Å². The van der Waals surface area contributed by atoms with Crippen molar-refractivity contribution in [2.45, 2.75) is 32.8 Å². The van der Waals surface area contributed by atoms with E-state index in [2.05, 4.69) is 10.1 Å². The maximum absolute atomic E-state index is 8.58. The monoisotopic (exact) mass is 229 g/mol. The van der Waals surface area contributed by atoms with Crippen molar-refractivity contribution in [3.05, 3.63) is 0 Å². The third kappa shape index (κ3) is 4.37. The van der Waals surface area contributed by atoms with Crippen LogP contribution in [0, 0.1) is 5.92 Å². The van der Waals surface area contributed by atoms with Crippen molar-refractivity contribution in [3.8, 4) is 0 Å². The van der Waals surface area contributed by atoms with Crippen LogP contribution in [-0.4, -0.2) is 48.3 Å². The molecular weight excluding hydrogens is 206 g/mol. The molecule has 0 saturated carbocycles. The van der Waals surface area contributed by atoms with Crippen LogP contribution in [0.3, 0.4) is 0 Å². The molecule has 1 aliphatic heterocycles. The number of hydrogen-bond acceptors (Lipinski definition) is 4. The van der Waals surface area contributed by atoms with Crippen molar-refractivity contribution in [1.82, 2.24) is 4.90 Å². The lowest BCUT2D eigenvalue weighted by Crippen LogP contribution is -2.40.